The van der Waals surface area contributed by atoms with Gasteiger partial charge < -0.3 is 20.1 Å². The topological polar surface area (TPSA) is 79.3 Å². The summed E-state index contributed by atoms with van der Waals surface area (Å²) in [5, 5.41) is 5.82. The van der Waals surface area contributed by atoms with Crippen LogP contribution >= 0.6 is 0 Å². The average molecular weight is 359 g/mol. The molecule has 7 heteroatoms. The number of carbonyl (C=O) groups excluding carboxylic acids is 2. The zero-order valence-electron chi connectivity index (χ0n) is 16.5. The first kappa shape index (κ1) is 19.8. The summed E-state index contributed by atoms with van der Waals surface area (Å²) in [6.45, 7) is 8.25. The Labute approximate surface area is 154 Å². The Morgan fingerprint density at radius 1 is 1.23 bits per heavy atom. The second kappa shape index (κ2) is 8.21. The first-order valence-electron chi connectivity index (χ1n) is 9.00. The monoisotopic (exact) mass is 359 g/mol. The molecule has 0 saturated heterocycles. The third kappa shape index (κ3) is 4.53. The maximum absolute atomic E-state index is 12.2. The Kier molecular flexibility index (Phi) is 6.23. The molecule has 0 radical (unpaired) electrons. The number of amides is 3. The minimum atomic E-state index is -0.122. The lowest BCUT2D eigenvalue weighted by molar-refractivity contribution is 0.0943. The van der Waals surface area contributed by atoms with Gasteiger partial charge in [-0.25, -0.2) is 9.78 Å². The van der Waals surface area contributed by atoms with Crippen LogP contribution in [0.25, 0.3) is 11.0 Å². The number of fused-ring (bicyclic) bond motifs is 1. The molecule has 0 saturated carbocycles. The minimum Gasteiger partial charge on any atom is -0.350 e. The summed E-state index contributed by atoms with van der Waals surface area (Å²) in [5.41, 5.74) is 2.25. The van der Waals surface area contributed by atoms with Gasteiger partial charge in [0.2, 0.25) is 0 Å². The van der Waals surface area contributed by atoms with Crippen molar-refractivity contribution >= 4 is 23.0 Å². The van der Waals surface area contributed by atoms with Crippen molar-refractivity contribution in [1.82, 2.24) is 25.1 Å². The van der Waals surface area contributed by atoms with Gasteiger partial charge in [0.15, 0.2) is 0 Å². The van der Waals surface area contributed by atoms with E-state index in [-0.39, 0.29) is 24.0 Å². The van der Waals surface area contributed by atoms with E-state index in [2.05, 4.69) is 15.6 Å². The number of hydrogen-bond donors (Lipinski definition) is 2. The van der Waals surface area contributed by atoms with E-state index >= 15 is 0 Å². The molecule has 0 aliphatic heterocycles. The zero-order chi connectivity index (χ0) is 19.4. The van der Waals surface area contributed by atoms with Gasteiger partial charge in [0.1, 0.15) is 5.82 Å². The van der Waals surface area contributed by atoms with Crippen LogP contribution < -0.4 is 10.6 Å². The van der Waals surface area contributed by atoms with Crippen LogP contribution in [0.1, 0.15) is 50.3 Å². The lowest BCUT2D eigenvalue weighted by atomic mass is 10.2. The number of carbonyl (C=O) groups is 2. The number of nitrogens with one attached hydrogen (secondary N) is 2. The number of urea groups is 1. The minimum absolute atomic E-state index is 0.0789. The first-order chi connectivity index (χ1) is 12.2. The van der Waals surface area contributed by atoms with Crippen molar-refractivity contribution < 1.29 is 9.59 Å². The molecule has 0 fully saturated rings. The number of nitrogens with zero attached hydrogens (tertiary/aromatic N) is 3. The van der Waals surface area contributed by atoms with Crippen molar-refractivity contribution in [2.45, 2.75) is 52.7 Å². The normalized spacial score (nSPS) is 12.3. The summed E-state index contributed by atoms with van der Waals surface area (Å²) in [6.07, 6.45) is 0.882. The van der Waals surface area contributed by atoms with Gasteiger partial charge in [0, 0.05) is 31.7 Å². The highest BCUT2D eigenvalue weighted by molar-refractivity contribution is 5.97. The van der Waals surface area contributed by atoms with Crippen molar-refractivity contribution in [3.05, 3.63) is 29.6 Å². The van der Waals surface area contributed by atoms with Gasteiger partial charge >= 0.3 is 6.03 Å². The Morgan fingerprint density at radius 2 is 1.92 bits per heavy atom. The molecular formula is C19H29N5O2. The maximum Gasteiger partial charge on any atom is 0.317 e. The SMILES string of the molecule is CCC(C)NC(=O)N(C)Cc1nc2cc(C(=O)NC(C)C)ccc2n1C. The maximum atomic E-state index is 12.2. The van der Waals surface area contributed by atoms with Crippen LogP contribution in [0, 0.1) is 0 Å². The fourth-order valence-electron chi connectivity index (χ4n) is 2.58. The summed E-state index contributed by atoms with van der Waals surface area (Å²) in [5.74, 6) is 0.655. The van der Waals surface area contributed by atoms with Crippen LogP contribution in [0.3, 0.4) is 0 Å². The van der Waals surface area contributed by atoms with Crippen molar-refractivity contribution in [3.8, 4) is 0 Å². The molecule has 7 nitrogen and oxygen atoms in total. The summed E-state index contributed by atoms with van der Waals surface area (Å²) in [6, 6.07) is 5.56. The van der Waals surface area contributed by atoms with Gasteiger partial charge in [-0.1, -0.05) is 6.92 Å². The van der Waals surface area contributed by atoms with Crippen LogP contribution in [0.4, 0.5) is 4.79 Å². The molecule has 2 aromatic rings. The van der Waals surface area contributed by atoms with E-state index in [1.54, 1.807) is 24.1 Å². The summed E-state index contributed by atoms with van der Waals surface area (Å²) in [7, 11) is 3.66. The smallest absolute Gasteiger partial charge is 0.317 e. The van der Waals surface area contributed by atoms with Crippen LogP contribution in [0.15, 0.2) is 18.2 Å². The first-order valence-corrected chi connectivity index (χ1v) is 9.00. The fourth-order valence-corrected chi connectivity index (χ4v) is 2.58. The van der Waals surface area contributed by atoms with E-state index in [0.717, 1.165) is 23.3 Å². The summed E-state index contributed by atoms with van der Waals surface area (Å²) < 4.78 is 1.95. The van der Waals surface area contributed by atoms with Crippen LogP contribution in [-0.2, 0) is 13.6 Å². The van der Waals surface area contributed by atoms with Gasteiger partial charge in [0.05, 0.1) is 17.6 Å². The highest BCUT2D eigenvalue weighted by Crippen LogP contribution is 2.18. The third-order valence-corrected chi connectivity index (χ3v) is 4.36. The number of imidazole rings is 1. The standard InChI is InChI=1S/C19H29N5O2/c1-7-13(4)21-19(26)23(5)11-17-22-15-10-14(18(25)20-12(2)3)8-9-16(15)24(17)6/h8-10,12-13H,7,11H2,1-6H3,(H,20,25)(H,21,26). The Morgan fingerprint density at radius 3 is 2.54 bits per heavy atom. The van der Waals surface area contributed by atoms with Gasteiger partial charge in [-0.2, -0.15) is 0 Å². The Hall–Kier alpha value is -2.57. The average Bonchev–Trinajstić information content (AvgIpc) is 2.89. The lowest BCUT2D eigenvalue weighted by Gasteiger charge is -2.20. The number of aryl methyl sites for hydroxylation is 1. The lowest BCUT2D eigenvalue weighted by Crippen LogP contribution is -2.41. The van der Waals surface area contributed by atoms with E-state index in [9.17, 15) is 9.59 Å². The predicted octanol–water partition coefficient (Wildman–Crippen LogP) is 2.65. The molecule has 0 aliphatic carbocycles. The van der Waals surface area contributed by atoms with Crippen molar-refractivity contribution in [1.29, 1.82) is 0 Å². The van der Waals surface area contributed by atoms with Crippen molar-refractivity contribution in [2.75, 3.05) is 7.05 Å². The zero-order valence-corrected chi connectivity index (χ0v) is 16.5. The Bertz CT molecular complexity index is 797. The molecule has 0 aliphatic rings. The van der Waals surface area contributed by atoms with Crippen LogP contribution in [-0.4, -0.2) is 45.5 Å². The molecule has 3 amide bonds. The molecule has 0 spiro atoms. The number of rotatable bonds is 6. The second-order valence-electron chi connectivity index (χ2n) is 7.03. The number of benzene rings is 1. The van der Waals surface area contributed by atoms with Gasteiger partial charge in [-0.3, -0.25) is 4.79 Å². The summed E-state index contributed by atoms with van der Waals surface area (Å²) in [4.78, 5) is 30.6. The van der Waals surface area contributed by atoms with E-state index in [0.29, 0.717) is 12.1 Å². The largest absolute Gasteiger partial charge is 0.350 e. The van der Waals surface area contributed by atoms with Crippen molar-refractivity contribution in [3.63, 3.8) is 0 Å². The van der Waals surface area contributed by atoms with E-state index in [1.807, 2.05) is 45.4 Å². The summed E-state index contributed by atoms with van der Waals surface area (Å²) >= 11 is 0. The molecule has 1 atom stereocenters. The van der Waals surface area contributed by atoms with E-state index in [1.165, 1.54) is 0 Å². The highest BCUT2D eigenvalue weighted by atomic mass is 16.2. The molecule has 2 N–H and O–H groups in total. The molecule has 2 rings (SSSR count). The van der Waals surface area contributed by atoms with Crippen molar-refractivity contribution in [2.24, 2.45) is 7.05 Å². The van der Waals surface area contributed by atoms with Gasteiger partial charge in [-0.05, 0) is 45.4 Å². The van der Waals surface area contributed by atoms with Gasteiger partial charge in [0.25, 0.3) is 5.91 Å². The number of aromatic nitrogens is 2. The Balaban J connectivity index is 2.20. The highest BCUT2D eigenvalue weighted by Gasteiger charge is 2.16. The second-order valence-corrected chi connectivity index (χ2v) is 7.03. The number of hydrogen-bond acceptors (Lipinski definition) is 3. The fraction of sp³-hybridized carbons (Fsp3) is 0.526. The quantitative estimate of drug-likeness (QED) is 0.832. The molecule has 1 aromatic heterocycles. The predicted molar refractivity (Wildman–Crippen MR) is 103 cm³/mol. The molecule has 1 unspecified atom stereocenters. The molecule has 1 aromatic carbocycles. The van der Waals surface area contributed by atoms with Crippen LogP contribution in [0.2, 0.25) is 0 Å². The van der Waals surface area contributed by atoms with Gasteiger partial charge in [-0.15, -0.1) is 0 Å². The van der Waals surface area contributed by atoms with Crippen LogP contribution in [0.5, 0.6) is 0 Å². The molecule has 142 valence electrons. The molecule has 0 bridgehead atoms. The van der Waals surface area contributed by atoms with E-state index < -0.39 is 0 Å². The molecule has 26 heavy (non-hydrogen) atoms. The van der Waals surface area contributed by atoms with E-state index in [4.69, 9.17) is 0 Å². The molecule has 1 heterocycles. The third-order valence-electron chi connectivity index (χ3n) is 4.36. The molecular weight excluding hydrogens is 330 g/mol.